The summed E-state index contributed by atoms with van der Waals surface area (Å²) in [6, 6.07) is 78.5. The van der Waals surface area contributed by atoms with Gasteiger partial charge >= 0.3 is 0 Å². The highest BCUT2D eigenvalue weighted by atomic mass is 16.3. The number of hydrogen-bond acceptors (Lipinski definition) is 3. The number of furan rings is 1. The lowest BCUT2D eigenvalue weighted by Crippen LogP contribution is -2.25. The Morgan fingerprint density at radius 1 is 0.323 bits per heavy atom. The van der Waals surface area contributed by atoms with E-state index in [9.17, 15) is 0 Å². The second-order valence-electron chi connectivity index (χ2n) is 16.4. The van der Waals surface area contributed by atoms with Crippen molar-refractivity contribution >= 4 is 21.9 Å². The SMILES string of the molecule is c1ccc(-c2cc(-c3cc(-c4cccc5c4-c4ccccc4C54c5ccccc5-c5ccccc54)nc(-c4ccccc4)n3)cc(-c3cccc4oc5ccccc5c34)c2)cc1. The van der Waals surface area contributed by atoms with Crippen LogP contribution in [-0.2, 0) is 5.41 Å². The first kappa shape index (κ1) is 34.7. The average molecular weight is 789 g/mol. The molecule has 2 heterocycles. The van der Waals surface area contributed by atoms with E-state index in [-0.39, 0.29) is 0 Å². The summed E-state index contributed by atoms with van der Waals surface area (Å²) in [4.78, 5) is 10.9. The first-order chi connectivity index (χ1) is 30.7. The molecule has 0 radical (unpaired) electrons. The molecule has 0 saturated carbocycles. The Kier molecular flexibility index (Phi) is 7.52. The molecule has 0 atom stereocenters. The zero-order valence-corrected chi connectivity index (χ0v) is 33.6. The first-order valence-corrected chi connectivity index (χ1v) is 21.2. The molecular formula is C59H36N2O. The van der Waals surface area contributed by atoms with E-state index >= 15 is 0 Å². The van der Waals surface area contributed by atoms with E-state index in [0.29, 0.717) is 5.82 Å². The molecule has 13 rings (SSSR count). The lowest BCUT2D eigenvalue weighted by atomic mass is 9.70. The Bertz CT molecular complexity index is 3540. The third-order valence-corrected chi connectivity index (χ3v) is 13.1. The molecule has 288 valence electrons. The van der Waals surface area contributed by atoms with Crippen LogP contribution in [0.2, 0.25) is 0 Å². The van der Waals surface area contributed by atoms with E-state index in [1.165, 1.54) is 44.5 Å². The van der Waals surface area contributed by atoms with Crippen molar-refractivity contribution in [3.05, 3.63) is 241 Å². The van der Waals surface area contributed by atoms with E-state index < -0.39 is 5.41 Å². The van der Waals surface area contributed by atoms with Gasteiger partial charge in [-0.3, -0.25) is 0 Å². The van der Waals surface area contributed by atoms with Crippen LogP contribution in [0.4, 0.5) is 0 Å². The molecule has 3 heteroatoms. The second-order valence-corrected chi connectivity index (χ2v) is 16.4. The average Bonchev–Trinajstić information content (AvgIpc) is 3.99. The fraction of sp³-hybridized carbons (Fsp3) is 0.0169. The molecule has 0 aliphatic heterocycles. The molecular weight excluding hydrogens is 753 g/mol. The van der Waals surface area contributed by atoms with E-state index in [0.717, 1.165) is 72.3 Å². The fourth-order valence-corrected chi connectivity index (χ4v) is 10.5. The molecule has 62 heavy (non-hydrogen) atoms. The summed E-state index contributed by atoms with van der Waals surface area (Å²) in [6.45, 7) is 0. The van der Waals surface area contributed by atoms with Gasteiger partial charge in [0.25, 0.3) is 0 Å². The predicted molar refractivity (Wildman–Crippen MR) is 253 cm³/mol. The van der Waals surface area contributed by atoms with Crippen LogP contribution in [0.3, 0.4) is 0 Å². The van der Waals surface area contributed by atoms with E-state index in [1.54, 1.807) is 0 Å². The van der Waals surface area contributed by atoms with E-state index in [2.05, 4.69) is 200 Å². The quantitative estimate of drug-likeness (QED) is 0.174. The maximum atomic E-state index is 6.39. The van der Waals surface area contributed by atoms with Gasteiger partial charge in [0, 0.05) is 27.5 Å². The van der Waals surface area contributed by atoms with Crippen molar-refractivity contribution in [1.82, 2.24) is 9.97 Å². The Balaban J connectivity index is 1.08. The zero-order valence-electron chi connectivity index (χ0n) is 33.6. The van der Waals surface area contributed by atoms with Gasteiger partial charge in [-0.2, -0.15) is 0 Å². The van der Waals surface area contributed by atoms with Crippen molar-refractivity contribution in [1.29, 1.82) is 0 Å². The standard InChI is InChI=1S/C59H36N2O/c1-3-17-37(18-4-1)39-33-40(42-25-16-32-55-57(42)47-24-10-14-31-54(47)62-55)35-41(34-39)52-36-53(61-58(60-52)38-19-5-2-6-20-38)46-26-15-30-51-56(46)45-23-9-13-29-50(45)59(51)48-27-11-7-21-43(48)44-22-8-12-28-49(44)59/h1-36H. The zero-order chi connectivity index (χ0) is 40.8. The summed E-state index contributed by atoms with van der Waals surface area (Å²) in [5.41, 5.74) is 20.8. The Morgan fingerprint density at radius 2 is 0.839 bits per heavy atom. The van der Waals surface area contributed by atoms with Gasteiger partial charge in [0.1, 0.15) is 11.2 Å². The Labute approximate surface area is 359 Å². The lowest BCUT2D eigenvalue weighted by molar-refractivity contribution is 0.669. The van der Waals surface area contributed by atoms with E-state index in [4.69, 9.17) is 14.4 Å². The molecule has 0 amide bonds. The van der Waals surface area contributed by atoms with Crippen molar-refractivity contribution in [2.24, 2.45) is 0 Å². The molecule has 0 N–H and O–H groups in total. The monoisotopic (exact) mass is 788 g/mol. The number of aromatic nitrogens is 2. The van der Waals surface area contributed by atoms with Gasteiger partial charge in [-0.1, -0.05) is 182 Å². The molecule has 1 spiro atoms. The fourth-order valence-electron chi connectivity index (χ4n) is 10.5. The van der Waals surface area contributed by atoms with Crippen LogP contribution in [0.15, 0.2) is 223 Å². The highest BCUT2D eigenvalue weighted by Gasteiger charge is 2.52. The van der Waals surface area contributed by atoms with Crippen molar-refractivity contribution in [2.75, 3.05) is 0 Å². The summed E-state index contributed by atoms with van der Waals surface area (Å²) >= 11 is 0. The largest absolute Gasteiger partial charge is 0.456 e. The lowest BCUT2D eigenvalue weighted by Gasteiger charge is -2.30. The van der Waals surface area contributed by atoms with Gasteiger partial charge in [0.15, 0.2) is 5.82 Å². The summed E-state index contributed by atoms with van der Waals surface area (Å²) in [6.07, 6.45) is 0. The summed E-state index contributed by atoms with van der Waals surface area (Å²) in [7, 11) is 0. The molecule has 2 aromatic heterocycles. The van der Waals surface area contributed by atoms with E-state index in [1.807, 2.05) is 18.2 Å². The number of nitrogens with zero attached hydrogens (tertiary/aromatic N) is 2. The molecule has 9 aromatic carbocycles. The first-order valence-electron chi connectivity index (χ1n) is 21.2. The third kappa shape index (κ3) is 5.00. The highest BCUT2D eigenvalue weighted by Crippen LogP contribution is 2.64. The maximum absolute atomic E-state index is 6.39. The summed E-state index contributed by atoms with van der Waals surface area (Å²) in [5, 5.41) is 2.21. The van der Waals surface area contributed by atoms with Crippen molar-refractivity contribution in [2.45, 2.75) is 5.41 Å². The van der Waals surface area contributed by atoms with Crippen LogP contribution < -0.4 is 0 Å². The number of hydrogen-bond donors (Lipinski definition) is 0. The number of rotatable bonds is 5. The topological polar surface area (TPSA) is 38.9 Å². The second kappa shape index (κ2) is 13.4. The van der Waals surface area contributed by atoms with Gasteiger partial charge in [-0.05, 0) is 103 Å². The summed E-state index contributed by atoms with van der Waals surface area (Å²) < 4.78 is 6.39. The van der Waals surface area contributed by atoms with Crippen molar-refractivity contribution in [3.63, 3.8) is 0 Å². The molecule has 2 aliphatic rings. The molecule has 2 aliphatic carbocycles. The van der Waals surface area contributed by atoms with Crippen molar-refractivity contribution < 1.29 is 4.42 Å². The molecule has 0 bridgehead atoms. The van der Waals surface area contributed by atoms with Crippen LogP contribution in [0, 0.1) is 0 Å². The molecule has 3 nitrogen and oxygen atoms in total. The number of benzene rings is 9. The van der Waals surface area contributed by atoms with Gasteiger partial charge < -0.3 is 4.42 Å². The smallest absolute Gasteiger partial charge is 0.160 e. The van der Waals surface area contributed by atoms with Gasteiger partial charge in [0.2, 0.25) is 0 Å². The molecule has 0 unspecified atom stereocenters. The number of para-hydroxylation sites is 1. The Morgan fingerprint density at radius 3 is 1.60 bits per heavy atom. The number of fused-ring (bicyclic) bond motifs is 13. The van der Waals surface area contributed by atoms with Gasteiger partial charge in [-0.25, -0.2) is 9.97 Å². The Hall–Kier alpha value is -8.14. The summed E-state index contributed by atoms with van der Waals surface area (Å²) in [5.74, 6) is 0.683. The van der Waals surface area contributed by atoms with Crippen LogP contribution in [0.25, 0.3) is 100 Å². The minimum Gasteiger partial charge on any atom is -0.456 e. The van der Waals surface area contributed by atoms with Crippen LogP contribution in [0.1, 0.15) is 22.3 Å². The minimum absolute atomic E-state index is 0.454. The molecule has 0 saturated heterocycles. The third-order valence-electron chi connectivity index (χ3n) is 13.1. The molecule has 11 aromatic rings. The van der Waals surface area contributed by atoms with Gasteiger partial charge in [0.05, 0.1) is 16.8 Å². The predicted octanol–water partition coefficient (Wildman–Crippen LogP) is 15.1. The minimum atomic E-state index is -0.454. The maximum Gasteiger partial charge on any atom is 0.160 e. The molecule has 0 fully saturated rings. The van der Waals surface area contributed by atoms with Crippen LogP contribution in [0.5, 0.6) is 0 Å². The van der Waals surface area contributed by atoms with Crippen LogP contribution in [-0.4, -0.2) is 9.97 Å². The highest BCUT2D eigenvalue weighted by molar-refractivity contribution is 6.13. The normalized spacial score (nSPS) is 13.0. The van der Waals surface area contributed by atoms with Crippen molar-refractivity contribution in [3.8, 4) is 78.4 Å². The van der Waals surface area contributed by atoms with Gasteiger partial charge in [-0.15, -0.1) is 0 Å². The van der Waals surface area contributed by atoms with Crippen LogP contribution >= 0.6 is 0 Å².